The number of fused-ring (bicyclic) bond motifs is 3. The van der Waals surface area contributed by atoms with Gasteiger partial charge in [-0.2, -0.15) is 0 Å². The summed E-state index contributed by atoms with van der Waals surface area (Å²) in [5, 5.41) is 6.36. The number of aryl methyl sites for hydroxylation is 2. The first-order valence-corrected chi connectivity index (χ1v) is 9.12. The highest BCUT2D eigenvalue weighted by Gasteiger charge is 2.49. The molecule has 2 aliphatic heterocycles. The van der Waals surface area contributed by atoms with Crippen LogP contribution in [0.3, 0.4) is 0 Å². The van der Waals surface area contributed by atoms with E-state index in [1.54, 1.807) is 17.7 Å². The fraction of sp³-hybridized carbons (Fsp3) is 0.500. The number of rotatable bonds is 1. The van der Waals surface area contributed by atoms with E-state index in [9.17, 15) is 9.59 Å². The van der Waals surface area contributed by atoms with E-state index in [4.69, 9.17) is 0 Å². The predicted octanol–water partition coefficient (Wildman–Crippen LogP) is 1.36. The second-order valence-electron chi connectivity index (χ2n) is 6.75. The van der Waals surface area contributed by atoms with Crippen LogP contribution in [0.2, 0.25) is 0 Å². The second kappa shape index (κ2) is 4.89. The van der Waals surface area contributed by atoms with Gasteiger partial charge in [0.2, 0.25) is 0 Å². The van der Waals surface area contributed by atoms with Crippen LogP contribution < -0.4 is 15.5 Å². The molecule has 2 saturated heterocycles. The van der Waals surface area contributed by atoms with Crippen molar-refractivity contribution in [1.29, 1.82) is 0 Å². The monoisotopic (exact) mass is 343 g/mol. The first kappa shape index (κ1) is 14.2. The zero-order valence-corrected chi connectivity index (χ0v) is 13.9. The van der Waals surface area contributed by atoms with Gasteiger partial charge in [-0.05, 0) is 37.7 Å². The summed E-state index contributed by atoms with van der Waals surface area (Å²) in [4.78, 5) is 37.5. The van der Waals surface area contributed by atoms with Crippen LogP contribution in [-0.4, -0.2) is 40.5 Å². The van der Waals surface area contributed by atoms with Gasteiger partial charge in [0.15, 0.2) is 0 Å². The molecule has 2 fully saturated rings. The van der Waals surface area contributed by atoms with Crippen molar-refractivity contribution in [3.05, 3.63) is 16.8 Å². The number of thiophene rings is 1. The Morgan fingerprint density at radius 3 is 2.96 bits per heavy atom. The lowest BCUT2D eigenvalue weighted by atomic mass is 9.89. The van der Waals surface area contributed by atoms with Crippen molar-refractivity contribution >= 4 is 39.3 Å². The lowest BCUT2D eigenvalue weighted by molar-refractivity contribution is -0.124. The largest absolute Gasteiger partial charge is 0.353 e. The predicted molar refractivity (Wildman–Crippen MR) is 90.3 cm³/mol. The molecule has 3 aliphatic rings. The molecule has 5 rings (SSSR count). The van der Waals surface area contributed by atoms with Gasteiger partial charge in [0, 0.05) is 11.4 Å². The average molecular weight is 343 g/mol. The molecule has 1 aliphatic carbocycles. The molecule has 7 nitrogen and oxygen atoms in total. The molecule has 8 heteroatoms. The number of nitrogens with zero attached hydrogens (tertiary/aromatic N) is 3. The van der Waals surface area contributed by atoms with Crippen molar-refractivity contribution in [3.63, 3.8) is 0 Å². The third kappa shape index (κ3) is 1.89. The highest BCUT2D eigenvalue weighted by atomic mass is 32.1. The minimum Gasteiger partial charge on any atom is -0.353 e. The third-order valence-corrected chi connectivity index (χ3v) is 6.49. The fourth-order valence-electron chi connectivity index (χ4n) is 4.20. The number of nitrogens with one attached hydrogen (secondary N) is 2. The van der Waals surface area contributed by atoms with Crippen LogP contribution in [0, 0.1) is 0 Å². The number of imide groups is 1. The topological polar surface area (TPSA) is 87.2 Å². The van der Waals surface area contributed by atoms with Gasteiger partial charge >= 0.3 is 6.03 Å². The standard InChI is InChI=1S/C16H17N5O2S/c22-14-16(20-15(23)19-14)5-2-6-21(7-16)12-11-9-3-1-4-10(9)24-13(11)18-8-17-12/h8H,1-7H2,(H2,19,20,22,23). The molecule has 0 radical (unpaired) electrons. The minimum absolute atomic E-state index is 0.224. The number of carbonyl (C=O) groups excluding carboxylic acids is 2. The van der Waals surface area contributed by atoms with Crippen LogP contribution in [-0.2, 0) is 17.6 Å². The van der Waals surface area contributed by atoms with Crippen LogP contribution in [0.5, 0.6) is 0 Å². The molecule has 1 atom stereocenters. The summed E-state index contributed by atoms with van der Waals surface area (Å²) in [5.74, 6) is 0.686. The first-order valence-electron chi connectivity index (χ1n) is 8.30. The summed E-state index contributed by atoms with van der Waals surface area (Å²) in [6.07, 6.45) is 6.50. The Labute approximate surface area is 142 Å². The normalized spacial score (nSPS) is 26.1. The van der Waals surface area contributed by atoms with Gasteiger partial charge in [-0.15, -0.1) is 11.3 Å². The molecular formula is C16H17N5O2S. The van der Waals surface area contributed by atoms with Crippen molar-refractivity contribution in [2.24, 2.45) is 0 Å². The van der Waals surface area contributed by atoms with Gasteiger partial charge in [-0.3, -0.25) is 10.1 Å². The van der Waals surface area contributed by atoms with Crippen LogP contribution in [0.1, 0.15) is 29.7 Å². The number of aromatic nitrogens is 2. The average Bonchev–Trinajstić information content (AvgIpc) is 3.21. The Balaban J connectivity index is 1.58. The highest BCUT2D eigenvalue weighted by molar-refractivity contribution is 7.19. The maximum atomic E-state index is 12.3. The molecule has 0 aromatic carbocycles. The van der Waals surface area contributed by atoms with E-state index in [0.717, 1.165) is 41.8 Å². The third-order valence-electron chi connectivity index (χ3n) is 5.29. The summed E-state index contributed by atoms with van der Waals surface area (Å²) in [5.41, 5.74) is 0.552. The molecule has 1 spiro atoms. The van der Waals surface area contributed by atoms with Gasteiger partial charge in [-0.1, -0.05) is 0 Å². The zero-order valence-electron chi connectivity index (χ0n) is 13.1. The van der Waals surface area contributed by atoms with E-state index < -0.39 is 11.6 Å². The molecule has 0 bridgehead atoms. The molecule has 124 valence electrons. The summed E-state index contributed by atoms with van der Waals surface area (Å²) < 4.78 is 0. The second-order valence-corrected chi connectivity index (χ2v) is 7.83. The smallest absolute Gasteiger partial charge is 0.322 e. The van der Waals surface area contributed by atoms with Gasteiger partial charge < -0.3 is 10.2 Å². The van der Waals surface area contributed by atoms with Crippen LogP contribution >= 0.6 is 11.3 Å². The molecule has 2 aromatic heterocycles. The van der Waals surface area contributed by atoms with Crippen LogP contribution in [0.4, 0.5) is 10.6 Å². The van der Waals surface area contributed by atoms with Gasteiger partial charge in [0.05, 0.1) is 11.9 Å². The highest BCUT2D eigenvalue weighted by Crippen LogP contribution is 2.41. The molecule has 0 saturated carbocycles. The number of piperidine rings is 1. The van der Waals surface area contributed by atoms with Crippen molar-refractivity contribution in [3.8, 4) is 0 Å². The lowest BCUT2D eigenvalue weighted by Crippen LogP contribution is -2.58. The van der Waals surface area contributed by atoms with E-state index >= 15 is 0 Å². The molecule has 2 aromatic rings. The Kier molecular flexibility index (Phi) is 2.88. The summed E-state index contributed by atoms with van der Waals surface area (Å²) in [6, 6.07) is -0.397. The van der Waals surface area contributed by atoms with Crippen LogP contribution in [0.15, 0.2) is 6.33 Å². The zero-order chi connectivity index (χ0) is 16.3. The van der Waals surface area contributed by atoms with Gasteiger partial charge in [0.1, 0.15) is 22.5 Å². The minimum atomic E-state index is -0.828. The maximum absolute atomic E-state index is 12.3. The van der Waals surface area contributed by atoms with Crippen molar-refractivity contribution in [1.82, 2.24) is 20.6 Å². The molecule has 2 N–H and O–H groups in total. The molecule has 4 heterocycles. The van der Waals surface area contributed by atoms with Gasteiger partial charge in [-0.25, -0.2) is 14.8 Å². The Bertz CT molecular complexity index is 879. The number of hydrogen-bond acceptors (Lipinski definition) is 6. The summed E-state index contributed by atoms with van der Waals surface area (Å²) in [7, 11) is 0. The maximum Gasteiger partial charge on any atom is 0.322 e. The SMILES string of the molecule is O=C1NC(=O)C2(CCCN(c3ncnc4sc5c(c34)CCC5)C2)N1. The molecular weight excluding hydrogens is 326 g/mol. The van der Waals surface area contributed by atoms with E-state index in [0.29, 0.717) is 13.0 Å². The Morgan fingerprint density at radius 1 is 1.21 bits per heavy atom. The Hall–Kier alpha value is -2.22. The van der Waals surface area contributed by atoms with Crippen molar-refractivity contribution < 1.29 is 9.59 Å². The molecule has 3 amide bonds. The first-order chi connectivity index (χ1) is 11.7. The Morgan fingerprint density at radius 2 is 2.12 bits per heavy atom. The summed E-state index contributed by atoms with van der Waals surface area (Å²) >= 11 is 1.76. The number of carbonyl (C=O) groups is 2. The van der Waals surface area contributed by atoms with E-state index in [2.05, 4.69) is 25.5 Å². The molecule has 24 heavy (non-hydrogen) atoms. The number of hydrogen-bond donors (Lipinski definition) is 2. The van der Waals surface area contributed by atoms with E-state index in [-0.39, 0.29) is 5.91 Å². The van der Waals surface area contributed by atoms with Crippen LogP contribution in [0.25, 0.3) is 10.2 Å². The lowest BCUT2D eigenvalue weighted by Gasteiger charge is -2.38. The number of anilines is 1. The number of amides is 3. The van der Waals surface area contributed by atoms with Crippen molar-refractivity contribution in [2.45, 2.75) is 37.6 Å². The van der Waals surface area contributed by atoms with Gasteiger partial charge in [0.25, 0.3) is 5.91 Å². The number of urea groups is 1. The fourth-order valence-corrected chi connectivity index (χ4v) is 5.43. The van der Waals surface area contributed by atoms with E-state index in [1.165, 1.54) is 16.9 Å². The van der Waals surface area contributed by atoms with Crippen molar-refractivity contribution in [2.75, 3.05) is 18.0 Å². The van der Waals surface area contributed by atoms with E-state index in [1.807, 2.05) is 0 Å². The molecule has 1 unspecified atom stereocenters. The summed E-state index contributed by atoms with van der Waals surface area (Å²) in [6.45, 7) is 1.29. The quantitative estimate of drug-likeness (QED) is 0.764.